The normalized spacial score (nSPS) is 12.0. The maximum Gasteiger partial charge on any atom is 0.359 e. The van der Waals surface area contributed by atoms with Crippen molar-refractivity contribution in [2.45, 2.75) is 19.9 Å². The van der Waals surface area contributed by atoms with Crippen LogP contribution in [0.25, 0.3) is 5.69 Å². The highest BCUT2D eigenvalue weighted by molar-refractivity contribution is 5.58. The molecular formula is C25H19FN6O3. The summed E-state index contributed by atoms with van der Waals surface area (Å²) < 4.78 is 21.6. The Labute approximate surface area is 198 Å². The number of anilines is 2. The molecule has 3 heterocycles. The lowest BCUT2D eigenvalue weighted by Gasteiger charge is -2.16. The lowest BCUT2D eigenvalue weighted by atomic mass is 10.1. The summed E-state index contributed by atoms with van der Waals surface area (Å²) in [5, 5.41) is 12.3. The number of nitrogens with zero attached hydrogens (tertiary/aromatic N) is 5. The monoisotopic (exact) mass is 470 g/mol. The summed E-state index contributed by atoms with van der Waals surface area (Å²) >= 11 is 0. The van der Waals surface area contributed by atoms with Gasteiger partial charge in [0.15, 0.2) is 0 Å². The largest absolute Gasteiger partial charge is 0.493 e. The fourth-order valence-electron chi connectivity index (χ4n) is 3.95. The predicted molar refractivity (Wildman–Crippen MR) is 126 cm³/mol. The molecule has 174 valence electrons. The van der Waals surface area contributed by atoms with Gasteiger partial charge in [-0.05, 0) is 60.0 Å². The Morgan fingerprint density at radius 2 is 2.03 bits per heavy atom. The first-order valence-corrected chi connectivity index (χ1v) is 10.8. The third-order valence-electron chi connectivity index (χ3n) is 5.63. The fourth-order valence-corrected chi connectivity index (χ4v) is 3.95. The second-order valence-corrected chi connectivity index (χ2v) is 8.11. The van der Waals surface area contributed by atoms with Gasteiger partial charge in [-0.1, -0.05) is 6.07 Å². The van der Waals surface area contributed by atoms with Crippen molar-refractivity contribution < 1.29 is 9.13 Å². The highest BCUT2D eigenvalue weighted by Crippen LogP contribution is 2.29. The van der Waals surface area contributed by atoms with Gasteiger partial charge < -0.3 is 10.1 Å². The summed E-state index contributed by atoms with van der Waals surface area (Å²) in [5.41, 5.74) is 1.58. The van der Waals surface area contributed by atoms with Crippen molar-refractivity contribution in [2.75, 3.05) is 11.9 Å². The van der Waals surface area contributed by atoms with Gasteiger partial charge in [-0.2, -0.15) is 10.2 Å². The standard InChI is InChI=1S/C25H19FN6O3/c1-15-8-20(13-28-12-15)32-24(33)30-23(29-19-3-5-22-17(10-19)6-7-35-22)31(25(32)34)14-16-2-4-21(26)18(9-16)11-27/h2-5,8-10,12-13H,6-7,14H2,1H3,(H,29,30,33). The molecule has 0 saturated carbocycles. The van der Waals surface area contributed by atoms with Gasteiger partial charge in [0.1, 0.15) is 17.6 Å². The summed E-state index contributed by atoms with van der Waals surface area (Å²) in [6.45, 7) is 2.33. The maximum atomic E-state index is 13.9. The molecule has 0 spiro atoms. The van der Waals surface area contributed by atoms with Crippen molar-refractivity contribution >= 4 is 11.6 Å². The van der Waals surface area contributed by atoms with Gasteiger partial charge in [0.2, 0.25) is 5.95 Å². The van der Waals surface area contributed by atoms with E-state index in [0.29, 0.717) is 17.9 Å². The van der Waals surface area contributed by atoms with E-state index >= 15 is 0 Å². The van der Waals surface area contributed by atoms with Crippen LogP contribution in [0.15, 0.2) is 64.4 Å². The molecule has 4 aromatic rings. The number of benzene rings is 2. The Kier molecular flexibility index (Phi) is 5.58. The number of rotatable bonds is 5. The second-order valence-electron chi connectivity index (χ2n) is 8.11. The molecule has 10 heteroatoms. The Balaban J connectivity index is 1.65. The van der Waals surface area contributed by atoms with Crippen molar-refractivity contribution in [2.24, 2.45) is 0 Å². The first-order chi connectivity index (χ1) is 16.9. The van der Waals surface area contributed by atoms with Crippen LogP contribution in [0.4, 0.5) is 16.0 Å². The molecule has 1 aliphatic rings. The predicted octanol–water partition coefficient (Wildman–Crippen LogP) is 2.84. The van der Waals surface area contributed by atoms with Gasteiger partial charge in [-0.3, -0.25) is 9.55 Å². The van der Waals surface area contributed by atoms with E-state index in [1.54, 1.807) is 31.3 Å². The summed E-state index contributed by atoms with van der Waals surface area (Å²) in [6, 6.07) is 12.9. The molecule has 35 heavy (non-hydrogen) atoms. The first kappa shape index (κ1) is 22.0. The van der Waals surface area contributed by atoms with Crippen molar-refractivity contribution in [3.05, 3.63) is 104 Å². The van der Waals surface area contributed by atoms with Crippen LogP contribution in [-0.2, 0) is 13.0 Å². The number of nitrogens with one attached hydrogen (secondary N) is 1. The topological polar surface area (TPSA) is 115 Å². The summed E-state index contributed by atoms with van der Waals surface area (Å²) in [7, 11) is 0. The smallest absolute Gasteiger partial charge is 0.359 e. The zero-order valence-corrected chi connectivity index (χ0v) is 18.7. The van der Waals surface area contributed by atoms with Crippen molar-refractivity contribution in [3.63, 3.8) is 0 Å². The van der Waals surface area contributed by atoms with E-state index in [1.807, 2.05) is 12.1 Å². The molecule has 9 nitrogen and oxygen atoms in total. The van der Waals surface area contributed by atoms with Crippen LogP contribution >= 0.6 is 0 Å². The maximum absolute atomic E-state index is 13.9. The first-order valence-electron chi connectivity index (χ1n) is 10.8. The minimum absolute atomic E-state index is 0.0126. The van der Waals surface area contributed by atoms with Gasteiger partial charge in [0.25, 0.3) is 0 Å². The number of nitriles is 1. The van der Waals surface area contributed by atoms with Crippen molar-refractivity contribution in [3.8, 4) is 17.5 Å². The highest BCUT2D eigenvalue weighted by Gasteiger charge is 2.18. The number of hydrogen-bond donors (Lipinski definition) is 1. The number of aryl methyl sites for hydroxylation is 1. The van der Waals surface area contributed by atoms with Gasteiger partial charge in [0.05, 0.1) is 30.6 Å². The molecule has 1 aliphatic heterocycles. The average Bonchev–Trinajstić information content (AvgIpc) is 3.30. The molecule has 2 aromatic carbocycles. The summed E-state index contributed by atoms with van der Waals surface area (Å²) in [4.78, 5) is 34.8. The minimum Gasteiger partial charge on any atom is -0.493 e. The molecule has 0 fully saturated rings. The van der Waals surface area contributed by atoms with Crippen LogP contribution in [0.1, 0.15) is 22.3 Å². The molecule has 0 atom stereocenters. The quantitative estimate of drug-likeness (QED) is 0.477. The van der Waals surface area contributed by atoms with Crippen molar-refractivity contribution in [1.29, 1.82) is 5.26 Å². The summed E-state index contributed by atoms with van der Waals surface area (Å²) in [6.07, 6.45) is 3.76. The fraction of sp³-hybridized carbons (Fsp3) is 0.160. The van der Waals surface area contributed by atoms with E-state index < -0.39 is 17.2 Å². The van der Waals surface area contributed by atoms with Gasteiger partial charge in [-0.15, -0.1) is 0 Å². The number of halogens is 1. The third kappa shape index (κ3) is 4.27. The number of hydrogen-bond acceptors (Lipinski definition) is 7. The zero-order valence-electron chi connectivity index (χ0n) is 18.7. The molecule has 1 N–H and O–H groups in total. The van der Waals surface area contributed by atoms with E-state index in [1.165, 1.54) is 29.0 Å². The molecule has 0 saturated heterocycles. The lowest BCUT2D eigenvalue weighted by Crippen LogP contribution is -2.41. The third-order valence-corrected chi connectivity index (χ3v) is 5.63. The van der Waals surface area contributed by atoms with Crippen molar-refractivity contribution in [1.82, 2.24) is 19.1 Å². The molecule has 0 amide bonds. The second kappa shape index (κ2) is 8.87. The van der Waals surface area contributed by atoms with Crippen LogP contribution in [-0.4, -0.2) is 25.7 Å². The highest BCUT2D eigenvalue weighted by atomic mass is 19.1. The number of fused-ring (bicyclic) bond motifs is 1. The Hall–Kier alpha value is -4.78. The van der Waals surface area contributed by atoms with Crippen LogP contribution in [0.5, 0.6) is 5.75 Å². The Morgan fingerprint density at radius 3 is 2.83 bits per heavy atom. The molecular weight excluding hydrogens is 451 g/mol. The van der Waals surface area contributed by atoms with E-state index in [9.17, 15) is 19.2 Å². The molecule has 2 aromatic heterocycles. The van der Waals surface area contributed by atoms with E-state index in [0.717, 1.165) is 27.9 Å². The SMILES string of the molecule is Cc1cncc(-n2c(=O)nc(Nc3ccc4c(c3)CCO4)n(Cc3ccc(F)c(C#N)c3)c2=O)c1. The summed E-state index contributed by atoms with van der Waals surface area (Å²) in [5.74, 6) is 0.147. The van der Waals surface area contributed by atoms with Gasteiger partial charge in [-0.25, -0.2) is 18.5 Å². The Bertz CT molecular complexity index is 1620. The molecule has 5 rings (SSSR count). The van der Waals surface area contributed by atoms with E-state index in [4.69, 9.17) is 4.74 Å². The van der Waals surface area contributed by atoms with Crippen LogP contribution < -0.4 is 21.4 Å². The lowest BCUT2D eigenvalue weighted by molar-refractivity contribution is 0.357. The van der Waals surface area contributed by atoms with Crippen LogP contribution in [0.2, 0.25) is 0 Å². The molecule has 0 radical (unpaired) electrons. The van der Waals surface area contributed by atoms with Gasteiger partial charge >= 0.3 is 11.4 Å². The van der Waals surface area contributed by atoms with E-state index in [2.05, 4.69) is 15.3 Å². The van der Waals surface area contributed by atoms with Crippen LogP contribution in [0, 0.1) is 24.1 Å². The minimum atomic E-state index is -0.775. The number of aromatic nitrogens is 4. The average molecular weight is 470 g/mol. The molecule has 0 aliphatic carbocycles. The zero-order chi connectivity index (χ0) is 24.5. The van der Waals surface area contributed by atoms with E-state index in [-0.39, 0.29) is 23.7 Å². The number of ether oxygens (including phenoxy) is 1. The van der Waals surface area contributed by atoms with Crippen LogP contribution in [0.3, 0.4) is 0 Å². The molecule has 0 bridgehead atoms. The molecule has 0 unspecified atom stereocenters. The Morgan fingerprint density at radius 1 is 1.17 bits per heavy atom. The van der Waals surface area contributed by atoms with Gasteiger partial charge in [0, 0.05) is 18.3 Å². The number of pyridine rings is 1.